The van der Waals surface area contributed by atoms with Crippen molar-refractivity contribution in [2.45, 2.75) is 38.6 Å². The van der Waals surface area contributed by atoms with Crippen LogP contribution in [0.5, 0.6) is 0 Å². The minimum atomic E-state index is -0.170. The van der Waals surface area contributed by atoms with Crippen molar-refractivity contribution < 1.29 is 4.39 Å². The van der Waals surface area contributed by atoms with Gasteiger partial charge in [-0.1, -0.05) is 62.2 Å². The highest BCUT2D eigenvalue weighted by Gasteiger charge is 2.09. The largest absolute Gasteiger partial charge is 0.310 e. The molecule has 2 aromatic carbocycles. The molecule has 112 valence electrons. The van der Waals surface area contributed by atoms with Crippen LogP contribution in [0.4, 0.5) is 4.39 Å². The van der Waals surface area contributed by atoms with Crippen LogP contribution >= 0.6 is 0 Å². The third-order valence-electron chi connectivity index (χ3n) is 3.77. The molecule has 1 N–H and O–H groups in total. The number of unbranched alkanes of at least 4 members (excludes halogenated alkanes) is 1. The molecule has 1 atom stereocenters. The average molecular weight is 285 g/mol. The van der Waals surface area contributed by atoms with Crippen LogP contribution in [0.15, 0.2) is 54.6 Å². The highest BCUT2D eigenvalue weighted by Crippen LogP contribution is 2.19. The van der Waals surface area contributed by atoms with Crippen molar-refractivity contribution in [2.24, 2.45) is 0 Å². The Labute approximate surface area is 127 Å². The van der Waals surface area contributed by atoms with Crippen LogP contribution in [-0.4, -0.2) is 6.54 Å². The van der Waals surface area contributed by atoms with E-state index in [4.69, 9.17) is 0 Å². The molecule has 0 radical (unpaired) electrons. The van der Waals surface area contributed by atoms with Crippen LogP contribution in [-0.2, 0) is 6.42 Å². The van der Waals surface area contributed by atoms with E-state index >= 15 is 0 Å². The first kappa shape index (κ1) is 15.7. The molecule has 0 aromatic heterocycles. The van der Waals surface area contributed by atoms with Gasteiger partial charge in [0, 0.05) is 6.04 Å². The van der Waals surface area contributed by atoms with Crippen molar-refractivity contribution in [3.05, 3.63) is 71.5 Å². The molecule has 2 rings (SSSR count). The number of benzene rings is 2. The lowest BCUT2D eigenvalue weighted by atomic mass is 10.0. The maximum absolute atomic E-state index is 12.9. The summed E-state index contributed by atoms with van der Waals surface area (Å²) in [6, 6.07) is 17.8. The molecular weight excluding hydrogens is 261 g/mol. The topological polar surface area (TPSA) is 12.0 Å². The van der Waals surface area contributed by atoms with Crippen molar-refractivity contribution in [3.63, 3.8) is 0 Å². The summed E-state index contributed by atoms with van der Waals surface area (Å²) in [5.74, 6) is -0.170. The number of nitrogens with one attached hydrogen (secondary N) is 1. The predicted octanol–water partition coefficient (Wildman–Crippen LogP) is 4.89. The fraction of sp³-hybridized carbons (Fsp3) is 0.368. The predicted molar refractivity (Wildman–Crippen MR) is 86.8 cm³/mol. The van der Waals surface area contributed by atoms with Crippen molar-refractivity contribution >= 4 is 0 Å². The molecule has 0 heterocycles. The van der Waals surface area contributed by atoms with Gasteiger partial charge in [0.25, 0.3) is 0 Å². The van der Waals surface area contributed by atoms with Gasteiger partial charge in [0.15, 0.2) is 0 Å². The van der Waals surface area contributed by atoms with Crippen LogP contribution in [0.3, 0.4) is 0 Å². The van der Waals surface area contributed by atoms with Crippen molar-refractivity contribution in [3.8, 4) is 0 Å². The molecule has 1 nitrogen and oxygen atoms in total. The second-order valence-electron chi connectivity index (χ2n) is 5.44. The van der Waals surface area contributed by atoms with Crippen LogP contribution < -0.4 is 5.32 Å². The van der Waals surface area contributed by atoms with Gasteiger partial charge in [-0.15, -0.1) is 0 Å². The van der Waals surface area contributed by atoms with Gasteiger partial charge < -0.3 is 5.32 Å². The molecular formula is C19H24FN. The molecule has 21 heavy (non-hydrogen) atoms. The summed E-state index contributed by atoms with van der Waals surface area (Å²) in [5, 5.41) is 3.64. The Morgan fingerprint density at radius 2 is 1.71 bits per heavy atom. The Bertz CT molecular complexity index is 507. The second-order valence-corrected chi connectivity index (χ2v) is 5.44. The first-order chi connectivity index (χ1) is 10.3. The molecule has 0 fully saturated rings. The van der Waals surface area contributed by atoms with E-state index in [2.05, 4.69) is 42.6 Å². The molecule has 1 unspecified atom stereocenters. The molecule has 2 aromatic rings. The molecule has 0 bridgehead atoms. The fourth-order valence-electron chi connectivity index (χ4n) is 2.52. The third-order valence-corrected chi connectivity index (χ3v) is 3.77. The third kappa shape index (κ3) is 5.31. The quantitative estimate of drug-likeness (QED) is 0.728. The lowest BCUT2D eigenvalue weighted by Gasteiger charge is -2.19. The molecule has 0 aliphatic carbocycles. The zero-order valence-corrected chi connectivity index (χ0v) is 12.7. The molecule has 0 spiro atoms. The summed E-state index contributed by atoms with van der Waals surface area (Å²) in [6.45, 7) is 3.13. The zero-order chi connectivity index (χ0) is 14.9. The minimum absolute atomic E-state index is 0.170. The number of halogens is 1. The lowest BCUT2D eigenvalue weighted by molar-refractivity contribution is 0.484. The van der Waals surface area contributed by atoms with Gasteiger partial charge in [0.1, 0.15) is 5.82 Å². The maximum Gasteiger partial charge on any atom is 0.123 e. The van der Waals surface area contributed by atoms with Crippen LogP contribution in [0.1, 0.15) is 43.4 Å². The van der Waals surface area contributed by atoms with Gasteiger partial charge in [-0.3, -0.25) is 0 Å². The Hall–Kier alpha value is -1.67. The summed E-state index contributed by atoms with van der Waals surface area (Å²) in [6.07, 6.45) is 4.52. The zero-order valence-electron chi connectivity index (χ0n) is 12.7. The van der Waals surface area contributed by atoms with Gasteiger partial charge in [-0.05, 0) is 42.6 Å². The van der Waals surface area contributed by atoms with Gasteiger partial charge in [0.05, 0.1) is 0 Å². The van der Waals surface area contributed by atoms with Gasteiger partial charge in [-0.25, -0.2) is 4.39 Å². The SMILES string of the molecule is CCCCC(NCCc1ccc(F)cc1)c1ccccc1. The van der Waals surface area contributed by atoms with Gasteiger partial charge >= 0.3 is 0 Å². The summed E-state index contributed by atoms with van der Waals surface area (Å²) < 4.78 is 12.9. The second kappa shape index (κ2) is 8.58. The van der Waals surface area contributed by atoms with Crippen LogP contribution in [0.2, 0.25) is 0 Å². The first-order valence-corrected chi connectivity index (χ1v) is 7.82. The summed E-state index contributed by atoms with van der Waals surface area (Å²) in [4.78, 5) is 0. The summed E-state index contributed by atoms with van der Waals surface area (Å²) in [5.41, 5.74) is 2.52. The lowest BCUT2D eigenvalue weighted by Crippen LogP contribution is -2.23. The normalized spacial score (nSPS) is 12.3. The van der Waals surface area contributed by atoms with Crippen molar-refractivity contribution in [1.82, 2.24) is 5.32 Å². The molecule has 0 saturated heterocycles. The van der Waals surface area contributed by atoms with E-state index < -0.39 is 0 Å². The standard InChI is InChI=1S/C19H24FN/c1-2-3-9-19(17-7-5-4-6-8-17)21-15-14-16-10-12-18(20)13-11-16/h4-8,10-13,19,21H,2-3,9,14-15H2,1H3. The van der Waals surface area contributed by atoms with E-state index in [1.807, 2.05) is 12.1 Å². The number of rotatable bonds is 8. The Kier molecular flexibility index (Phi) is 6.42. The highest BCUT2D eigenvalue weighted by molar-refractivity contribution is 5.19. The number of hydrogen-bond donors (Lipinski definition) is 1. The van der Waals surface area contributed by atoms with Crippen molar-refractivity contribution in [2.75, 3.05) is 6.54 Å². The van der Waals surface area contributed by atoms with E-state index in [0.717, 1.165) is 19.4 Å². The summed E-state index contributed by atoms with van der Waals surface area (Å²) in [7, 11) is 0. The van der Waals surface area contributed by atoms with Gasteiger partial charge in [-0.2, -0.15) is 0 Å². The molecule has 2 heteroatoms. The van der Waals surface area contributed by atoms with E-state index in [0.29, 0.717) is 6.04 Å². The summed E-state index contributed by atoms with van der Waals surface area (Å²) >= 11 is 0. The Morgan fingerprint density at radius 1 is 1.00 bits per heavy atom. The van der Waals surface area contributed by atoms with Crippen LogP contribution in [0.25, 0.3) is 0 Å². The Balaban J connectivity index is 1.88. The molecule has 0 saturated carbocycles. The van der Waals surface area contributed by atoms with E-state index in [9.17, 15) is 4.39 Å². The van der Waals surface area contributed by atoms with Crippen LogP contribution in [0, 0.1) is 5.82 Å². The minimum Gasteiger partial charge on any atom is -0.310 e. The van der Waals surface area contributed by atoms with E-state index in [1.165, 1.54) is 36.1 Å². The van der Waals surface area contributed by atoms with Gasteiger partial charge in [0.2, 0.25) is 0 Å². The highest BCUT2D eigenvalue weighted by atomic mass is 19.1. The van der Waals surface area contributed by atoms with E-state index in [-0.39, 0.29) is 5.82 Å². The molecule has 0 amide bonds. The fourth-order valence-corrected chi connectivity index (χ4v) is 2.52. The smallest absolute Gasteiger partial charge is 0.123 e. The molecule has 0 aliphatic heterocycles. The van der Waals surface area contributed by atoms with E-state index in [1.54, 1.807) is 0 Å². The monoisotopic (exact) mass is 285 g/mol. The molecule has 0 aliphatic rings. The first-order valence-electron chi connectivity index (χ1n) is 7.82. The Morgan fingerprint density at radius 3 is 2.38 bits per heavy atom. The average Bonchev–Trinajstić information content (AvgIpc) is 2.53. The number of hydrogen-bond acceptors (Lipinski definition) is 1. The maximum atomic E-state index is 12.9. The van der Waals surface area contributed by atoms with Crippen molar-refractivity contribution in [1.29, 1.82) is 0 Å².